The number of carbonyl (C=O) groups excluding carboxylic acids is 1. The van der Waals surface area contributed by atoms with Crippen LogP contribution in [-0.4, -0.2) is 58.6 Å². The van der Waals surface area contributed by atoms with Gasteiger partial charge in [0.25, 0.3) is 11.8 Å². The lowest BCUT2D eigenvalue weighted by Gasteiger charge is -2.16. The van der Waals surface area contributed by atoms with Crippen molar-refractivity contribution in [3.63, 3.8) is 0 Å². The van der Waals surface area contributed by atoms with Gasteiger partial charge in [-0.15, -0.1) is 0 Å². The number of aromatic nitrogens is 2. The number of nitrogens with one attached hydrogen (secondary N) is 3. The van der Waals surface area contributed by atoms with E-state index < -0.39 is 5.92 Å². The van der Waals surface area contributed by atoms with Gasteiger partial charge in [-0.25, -0.2) is 8.78 Å². The quantitative estimate of drug-likeness (QED) is 0.523. The average molecular weight is 479 g/mol. The second-order valence-corrected chi connectivity index (χ2v) is 8.71. The summed E-state index contributed by atoms with van der Waals surface area (Å²) in [5, 5.41) is 6.07. The molecule has 0 unspecified atom stereocenters. The van der Waals surface area contributed by atoms with E-state index in [-0.39, 0.29) is 30.1 Å². The largest absolute Gasteiger partial charge is 0.383 e. The van der Waals surface area contributed by atoms with E-state index in [1.807, 2.05) is 24.3 Å². The molecule has 4 heterocycles. The lowest BCUT2D eigenvalue weighted by Crippen LogP contribution is -2.25. The fourth-order valence-electron chi connectivity index (χ4n) is 4.32. The number of hydrogen-bond acceptors (Lipinski definition) is 6. The first-order chi connectivity index (χ1) is 16.9. The van der Waals surface area contributed by atoms with Crippen molar-refractivity contribution in [2.24, 2.45) is 4.99 Å². The molecule has 1 saturated heterocycles. The number of fused-ring (bicyclic) bond motifs is 1. The van der Waals surface area contributed by atoms with E-state index >= 15 is 0 Å². The molecule has 3 N–H and O–H groups in total. The first-order valence-electron chi connectivity index (χ1n) is 11.3. The Bertz CT molecular complexity index is 1330. The van der Waals surface area contributed by atoms with Gasteiger partial charge in [0.2, 0.25) is 5.56 Å². The Balaban J connectivity index is 1.41. The summed E-state index contributed by atoms with van der Waals surface area (Å²) in [6, 6.07) is 10.5. The monoisotopic (exact) mass is 478 g/mol. The molecule has 2 aliphatic heterocycles. The van der Waals surface area contributed by atoms with Crippen LogP contribution in [0.15, 0.2) is 64.8 Å². The number of nitrogens with zero attached hydrogens (tertiary/aromatic N) is 3. The molecule has 0 saturated carbocycles. The molecule has 3 aromatic rings. The van der Waals surface area contributed by atoms with Crippen LogP contribution < -0.4 is 16.2 Å². The summed E-state index contributed by atoms with van der Waals surface area (Å²) in [6.45, 7) is 1.52. The van der Waals surface area contributed by atoms with E-state index in [1.54, 1.807) is 17.3 Å². The second kappa shape index (κ2) is 9.38. The third-order valence-electron chi connectivity index (χ3n) is 6.01. The average Bonchev–Trinajstić information content (AvgIpc) is 3.05. The molecule has 0 atom stereocenters. The summed E-state index contributed by atoms with van der Waals surface area (Å²) < 4.78 is 27.1. The fraction of sp³-hybridized carbons (Fsp3) is 0.280. The topological polar surface area (TPSA) is 102 Å². The maximum atomic E-state index is 13.6. The number of aromatic amines is 1. The van der Waals surface area contributed by atoms with Crippen molar-refractivity contribution in [3.8, 4) is 11.1 Å². The van der Waals surface area contributed by atoms with Crippen LogP contribution >= 0.6 is 0 Å². The summed E-state index contributed by atoms with van der Waals surface area (Å²) in [5.41, 5.74) is 4.40. The summed E-state index contributed by atoms with van der Waals surface area (Å²) in [4.78, 5) is 37.4. The molecule has 0 spiro atoms. The predicted molar refractivity (Wildman–Crippen MR) is 130 cm³/mol. The molecule has 5 rings (SSSR count). The Morgan fingerprint density at radius 3 is 2.80 bits per heavy atom. The Morgan fingerprint density at radius 1 is 1.14 bits per heavy atom. The van der Waals surface area contributed by atoms with E-state index in [9.17, 15) is 18.4 Å². The third-order valence-corrected chi connectivity index (χ3v) is 6.01. The van der Waals surface area contributed by atoms with Crippen molar-refractivity contribution in [2.45, 2.75) is 18.9 Å². The van der Waals surface area contributed by atoms with Gasteiger partial charge < -0.3 is 15.6 Å². The molecule has 0 aliphatic carbocycles. The van der Waals surface area contributed by atoms with E-state index in [0.717, 1.165) is 22.4 Å². The minimum Gasteiger partial charge on any atom is -0.383 e. The molecular formula is C25H24F2N6O2. The van der Waals surface area contributed by atoms with Gasteiger partial charge in [-0.3, -0.25) is 24.5 Å². The zero-order valence-corrected chi connectivity index (χ0v) is 18.9. The van der Waals surface area contributed by atoms with Gasteiger partial charge in [0, 0.05) is 67.5 Å². The first kappa shape index (κ1) is 22.9. The molecule has 0 bridgehead atoms. The standard InChI is InChI=1S/C25H24F2N6O2/c26-25(27)5-8-33(15-25)14-16-9-18(12-28-11-16)17-1-3-21-20(10-17)23(30-7-6-29-21)24(35)32-19-2-4-22(34)31-13-19/h1-4,9-13,29H,5-8,14-15H2,(H,31,34)(H,32,35). The summed E-state index contributed by atoms with van der Waals surface area (Å²) >= 11 is 0. The van der Waals surface area contributed by atoms with Gasteiger partial charge >= 0.3 is 0 Å². The molecular weight excluding hydrogens is 454 g/mol. The van der Waals surface area contributed by atoms with Crippen LogP contribution in [0.4, 0.5) is 20.2 Å². The van der Waals surface area contributed by atoms with Crippen LogP contribution in [0.5, 0.6) is 0 Å². The number of pyridine rings is 2. The van der Waals surface area contributed by atoms with Gasteiger partial charge in [0.15, 0.2) is 0 Å². The van der Waals surface area contributed by atoms with Crippen LogP contribution in [-0.2, 0) is 11.3 Å². The predicted octanol–water partition coefficient (Wildman–Crippen LogP) is 3.13. The van der Waals surface area contributed by atoms with Gasteiger partial charge in [-0.05, 0) is 35.4 Å². The molecule has 2 aliphatic rings. The van der Waals surface area contributed by atoms with E-state index in [4.69, 9.17) is 0 Å². The highest BCUT2D eigenvalue weighted by Gasteiger charge is 2.37. The number of aliphatic imine (C=N–C) groups is 1. The zero-order chi connectivity index (χ0) is 24.4. The molecule has 10 heteroatoms. The van der Waals surface area contributed by atoms with Gasteiger partial charge in [0.1, 0.15) is 5.71 Å². The normalized spacial score (nSPS) is 17.1. The minimum absolute atomic E-state index is 0.124. The van der Waals surface area contributed by atoms with Gasteiger partial charge in [-0.1, -0.05) is 6.07 Å². The third kappa shape index (κ3) is 5.27. The number of carbonyl (C=O) groups is 1. The number of benzene rings is 1. The van der Waals surface area contributed by atoms with E-state index in [2.05, 4.69) is 25.6 Å². The number of H-pyrrole nitrogens is 1. The van der Waals surface area contributed by atoms with Crippen molar-refractivity contribution < 1.29 is 13.6 Å². The second-order valence-electron chi connectivity index (χ2n) is 8.71. The minimum atomic E-state index is -2.64. The highest BCUT2D eigenvalue weighted by Crippen LogP contribution is 2.30. The van der Waals surface area contributed by atoms with Crippen molar-refractivity contribution in [1.29, 1.82) is 0 Å². The number of amides is 1. The molecule has 1 fully saturated rings. The van der Waals surface area contributed by atoms with Crippen molar-refractivity contribution >= 4 is 23.0 Å². The Morgan fingerprint density at radius 2 is 2.03 bits per heavy atom. The van der Waals surface area contributed by atoms with Crippen LogP contribution in [0, 0.1) is 0 Å². The number of alkyl halides is 2. The Labute approximate surface area is 200 Å². The summed E-state index contributed by atoms with van der Waals surface area (Å²) in [7, 11) is 0. The number of rotatable bonds is 5. The number of benzodiazepines with no additional fused rings is 1. The molecule has 0 radical (unpaired) electrons. The Kier molecular flexibility index (Phi) is 6.12. The molecule has 1 amide bonds. The molecule has 8 nitrogen and oxygen atoms in total. The fourth-order valence-corrected chi connectivity index (χ4v) is 4.32. The molecule has 180 valence electrons. The number of anilines is 2. The maximum absolute atomic E-state index is 13.6. The van der Waals surface area contributed by atoms with Crippen LogP contribution in [0.3, 0.4) is 0 Å². The summed E-state index contributed by atoms with van der Waals surface area (Å²) in [6.07, 6.45) is 4.71. The molecule has 35 heavy (non-hydrogen) atoms. The highest BCUT2D eigenvalue weighted by atomic mass is 19.3. The Hall–Kier alpha value is -3.92. The lowest BCUT2D eigenvalue weighted by molar-refractivity contribution is -0.110. The number of likely N-dealkylation sites (tertiary alicyclic amines) is 1. The van der Waals surface area contributed by atoms with Crippen molar-refractivity contribution in [2.75, 3.05) is 36.8 Å². The van der Waals surface area contributed by atoms with E-state index in [0.29, 0.717) is 37.4 Å². The summed E-state index contributed by atoms with van der Waals surface area (Å²) in [5.74, 6) is -3.03. The maximum Gasteiger partial charge on any atom is 0.274 e. The molecule has 2 aromatic heterocycles. The zero-order valence-electron chi connectivity index (χ0n) is 18.9. The van der Waals surface area contributed by atoms with E-state index in [1.165, 1.54) is 18.3 Å². The smallest absolute Gasteiger partial charge is 0.274 e. The molecule has 1 aromatic carbocycles. The highest BCUT2D eigenvalue weighted by molar-refractivity contribution is 6.50. The lowest BCUT2D eigenvalue weighted by atomic mass is 9.99. The van der Waals surface area contributed by atoms with Crippen molar-refractivity contribution in [1.82, 2.24) is 14.9 Å². The van der Waals surface area contributed by atoms with Gasteiger partial charge in [0.05, 0.1) is 18.8 Å². The first-order valence-corrected chi connectivity index (χ1v) is 11.3. The number of halogens is 2. The number of hydrogen-bond donors (Lipinski definition) is 3. The van der Waals surface area contributed by atoms with Crippen LogP contribution in [0.1, 0.15) is 17.5 Å². The van der Waals surface area contributed by atoms with Gasteiger partial charge in [-0.2, -0.15) is 0 Å². The van der Waals surface area contributed by atoms with Crippen molar-refractivity contribution in [3.05, 3.63) is 76.5 Å². The van der Waals surface area contributed by atoms with Crippen LogP contribution in [0.2, 0.25) is 0 Å². The SMILES string of the molecule is O=C(Nc1ccc(=O)[nH]c1)C1=NCCNc2ccc(-c3cncc(CN4CCC(F)(F)C4)c3)cc21. The van der Waals surface area contributed by atoms with Crippen LogP contribution in [0.25, 0.3) is 11.1 Å².